The molecular weight excluding hydrogens is 508 g/mol. The van der Waals surface area contributed by atoms with Gasteiger partial charge in [-0.1, -0.05) is 64.2 Å². The highest BCUT2D eigenvalue weighted by Crippen LogP contribution is 2.29. The molecule has 0 heterocycles. The molecule has 0 spiro atoms. The highest BCUT2D eigenvalue weighted by Gasteiger charge is 2.38. The van der Waals surface area contributed by atoms with Crippen LogP contribution in [0, 0.1) is 13.8 Å². The molecule has 0 saturated heterocycles. The van der Waals surface area contributed by atoms with E-state index in [0.29, 0.717) is 6.42 Å². The number of primary amides is 1. The first-order chi connectivity index (χ1) is 18.7. The van der Waals surface area contributed by atoms with Crippen LogP contribution >= 0.6 is 0 Å². The lowest BCUT2D eigenvalue weighted by Crippen LogP contribution is -2.55. The van der Waals surface area contributed by atoms with Crippen LogP contribution in [0.25, 0.3) is 0 Å². The van der Waals surface area contributed by atoms with Crippen molar-refractivity contribution in [2.24, 2.45) is 5.73 Å². The van der Waals surface area contributed by atoms with Gasteiger partial charge in [0.05, 0.1) is 6.42 Å². The molecule has 0 aromatic heterocycles. The summed E-state index contributed by atoms with van der Waals surface area (Å²) in [7, 11) is 0. The summed E-state index contributed by atoms with van der Waals surface area (Å²) in [6.45, 7) is 15.4. The summed E-state index contributed by atoms with van der Waals surface area (Å²) in [5.41, 5.74) is 7.18. The molecule has 9 heteroatoms. The van der Waals surface area contributed by atoms with Gasteiger partial charge in [-0.2, -0.15) is 0 Å². The smallest absolute Gasteiger partial charge is 0.408 e. The van der Waals surface area contributed by atoms with Crippen molar-refractivity contribution in [3.05, 3.63) is 34.9 Å². The van der Waals surface area contributed by atoms with Crippen molar-refractivity contribution in [3.8, 4) is 0 Å². The second kappa shape index (κ2) is 16.9. The first kappa shape index (κ1) is 34.9. The molecule has 1 rings (SSSR count). The van der Waals surface area contributed by atoms with Gasteiger partial charge in [0, 0.05) is 12.6 Å². The Labute approximate surface area is 241 Å². The van der Waals surface area contributed by atoms with Crippen LogP contribution in [-0.4, -0.2) is 52.9 Å². The quantitative estimate of drug-likeness (QED) is 0.239. The van der Waals surface area contributed by atoms with Gasteiger partial charge in [-0.3, -0.25) is 14.4 Å². The fourth-order valence-electron chi connectivity index (χ4n) is 4.82. The van der Waals surface area contributed by atoms with E-state index in [1.54, 1.807) is 20.8 Å². The normalized spacial score (nSPS) is 13.6. The molecular formula is C31H52N4O5. The molecule has 4 N–H and O–H groups in total. The van der Waals surface area contributed by atoms with E-state index in [2.05, 4.69) is 24.5 Å². The standard InChI is InChI=1S/C31H52N4O5/c1-9-11-12-13-14-19-35(29(38)24(20-25(32)36)34-30(39)40-31(6,7)8)27(28(37)33-23(5)16-10-2)26-21(3)17-15-18-22(26)4/h15,17-18,23-24,27H,9-14,16,19-20H2,1-8H3,(H2,32,36)(H,33,37)(H,34,39). The maximum atomic E-state index is 14.2. The van der Waals surface area contributed by atoms with Crippen molar-refractivity contribution in [3.63, 3.8) is 0 Å². The van der Waals surface area contributed by atoms with Crippen LogP contribution in [0.5, 0.6) is 0 Å². The number of hydrogen-bond acceptors (Lipinski definition) is 5. The number of nitrogens with two attached hydrogens (primary N) is 1. The Hall–Kier alpha value is -3.10. The highest BCUT2D eigenvalue weighted by atomic mass is 16.6. The lowest BCUT2D eigenvalue weighted by atomic mass is 9.93. The number of aryl methyl sites for hydroxylation is 2. The topological polar surface area (TPSA) is 131 Å². The van der Waals surface area contributed by atoms with Gasteiger partial charge >= 0.3 is 6.09 Å². The van der Waals surface area contributed by atoms with Crippen molar-refractivity contribution in [1.82, 2.24) is 15.5 Å². The molecule has 0 bridgehead atoms. The van der Waals surface area contributed by atoms with Crippen molar-refractivity contribution < 1.29 is 23.9 Å². The van der Waals surface area contributed by atoms with Gasteiger partial charge in [-0.05, 0) is 71.1 Å². The monoisotopic (exact) mass is 560 g/mol. The number of carbonyl (C=O) groups excluding carboxylic acids is 4. The van der Waals surface area contributed by atoms with E-state index < -0.39 is 42.0 Å². The minimum atomic E-state index is -1.28. The number of benzene rings is 1. The zero-order valence-corrected chi connectivity index (χ0v) is 25.9. The summed E-state index contributed by atoms with van der Waals surface area (Å²) in [6.07, 6.45) is 5.15. The van der Waals surface area contributed by atoms with Gasteiger partial charge in [0.15, 0.2) is 0 Å². The van der Waals surface area contributed by atoms with E-state index in [9.17, 15) is 19.2 Å². The Kier molecular flexibility index (Phi) is 14.7. The van der Waals surface area contributed by atoms with Crippen molar-refractivity contribution in [2.75, 3.05) is 6.54 Å². The second-order valence-electron chi connectivity index (χ2n) is 11.7. The first-order valence-electron chi connectivity index (χ1n) is 14.7. The Morgan fingerprint density at radius 2 is 1.55 bits per heavy atom. The van der Waals surface area contributed by atoms with Crippen LogP contribution in [0.3, 0.4) is 0 Å². The minimum absolute atomic E-state index is 0.0906. The summed E-state index contributed by atoms with van der Waals surface area (Å²) in [5, 5.41) is 5.64. The van der Waals surface area contributed by atoms with Crippen molar-refractivity contribution in [1.29, 1.82) is 0 Å². The predicted molar refractivity (Wildman–Crippen MR) is 159 cm³/mol. The Balaban J connectivity index is 3.60. The average Bonchev–Trinajstić information content (AvgIpc) is 2.82. The number of carbonyl (C=O) groups is 4. The molecule has 9 nitrogen and oxygen atoms in total. The number of nitrogens with zero attached hydrogens (tertiary/aromatic N) is 1. The molecule has 0 fully saturated rings. The number of amides is 4. The fourth-order valence-corrected chi connectivity index (χ4v) is 4.82. The van der Waals surface area contributed by atoms with E-state index in [1.165, 1.54) is 4.90 Å². The molecule has 0 saturated carbocycles. The number of rotatable bonds is 16. The van der Waals surface area contributed by atoms with E-state index >= 15 is 0 Å². The fraction of sp³-hybridized carbons (Fsp3) is 0.677. The van der Waals surface area contributed by atoms with E-state index in [4.69, 9.17) is 10.5 Å². The van der Waals surface area contributed by atoms with Crippen LogP contribution in [-0.2, 0) is 19.1 Å². The van der Waals surface area contributed by atoms with Gasteiger partial charge in [-0.25, -0.2) is 4.79 Å². The number of alkyl carbamates (subject to hydrolysis) is 1. The van der Waals surface area contributed by atoms with E-state index in [0.717, 1.165) is 55.2 Å². The third kappa shape index (κ3) is 12.0. The van der Waals surface area contributed by atoms with Crippen LogP contribution in [0.15, 0.2) is 18.2 Å². The number of ether oxygens (including phenoxy) is 1. The number of nitrogens with one attached hydrogen (secondary N) is 2. The molecule has 0 aliphatic carbocycles. The van der Waals surface area contributed by atoms with Crippen molar-refractivity contribution >= 4 is 23.8 Å². The largest absolute Gasteiger partial charge is 0.444 e. The molecule has 1 aromatic rings. The van der Waals surface area contributed by atoms with Gasteiger partial charge in [0.25, 0.3) is 0 Å². The second-order valence-corrected chi connectivity index (χ2v) is 11.7. The van der Waals surface area contributed by atoms with Gasteiger partial charge in [0.2, 0.25) is 17.7 Å². The average molecular weight is 561 g/mol. The highest BCUT2D eigenvalue weighted by molar-refractivity contribution is 5.94. The summed E-state index contributed by atoms with van der Waals surface area (Å²) in [5.74, 6) is -1.59. The Morgan fingerprint density at radius 3 is 2.08 bits per heavy atom. The summed E-state index contributed by atoms with van der Waals surface area (Å²) < 4.78 is 5.36. The molecule has 3 unspecified atom stereocenters. The van der Waals surface area contributed by atoms with Crippen LogP contribution in [0.4, 0.5) is 4.79 Å². The maximum Gasteiger partial charge on any atom is 0.408 e. The third-order valence-electron chi connectivity index (χ3n) is 6.67. The summed E-state index contributed by atoms with van der Waals surface area (Å²) in [6, 6.07) is 3.43. The summed E-state index contributed by atoms with van der Waals surface area (Å²) >= 11 is 0. The molecule has 0 radical (unpaired) electrons. The zero-order valence-electron chi connectivity index (χ0n) is 25.9. The van der Waals surface area contributed by atoms with Gasteiger partial charge < -0.3 is 26.0 Å². The Morgan fingerprint density at radius 1 is 0.950 bits per heavy atom. The minimum Gasteiger partial charge on any atom is -0.444 e. The molecule has 40 heavy (non-hydrogen) atoms. The van der Waals surface area contributed by atoms with Gasteiger partial charge in [0.1, 0.15) is 17.7 Å². The molecule has 4 amide bonds. The molecule has 0 aliphatic heterocycles. The first-order valence-corrected chi connectivity index (χ1v) is 14.7. The number of hydrogen-bond donors (Lipinski definition) is 3. The van der Waals surface area contributed by atoms with Crippen LogP contribution in [0.1, 0.15) is 116 Å². The van der Waals surface area contributed by atoms with E-state index in [1.807, 2.05) is 39.0 Å². The predicted octanol–water partition coefficient (Wildman–Crippen LogP) is 5.22. The SMILES string of the molecule is CCCCCCCN(C(=O)C(CC(N)=O)NC(=O)OC(C)(C)C)C(C(=O)NC(C)CCC)c1c(C)cccc1C. The molecule has 1 aromatic carbocycles. The third-order valence-corrected chi connectivity index (χ3v) is 6.67. The van der Waals surface area contributed by atoms with E-state index in [-0.39, 0.29) is 18.5 Å². The maximum absolute atomic E-state index is 14.2. The van der Waals surface area contributed by atoms with Crippen LogP contribution < -0.4 is 16.4 Å². The van der Waals surface area contributed by atoms with Crippen molar-refractivity contribution in [2.45, 2.75) is 130 Å². The summed E-state index contributed by atoms with van der Waals surface area (Å²) in [4.78, 5) is 54.4. The molecule has 226 valence electrons. The molecule has 0 aliphatic rings. The lowest BCUT2D eigenvalue weighted by Gasteiger charge is -2.36. The van der Waals surface area contributed by atoms with Gasteiger partial charge in [-0.15, -0.1) is 0 Å². The van der Waals surface area contributed by atoms with Crippen LogP contribution in [0.2, 0.25) is 0 Å². The Bertz CT molecular complexity index is 968. The zero-order chi connectivity index (χ0) is 30.5. The number of unbranched alkanes of at least 4 members (excludes halogenated alkanes) is 4. The lowest BCUT2D eigenvalue weighted by molar-refractivity contribution is -0.143. The molecule has 3 atom stereocenters.